The zero-order valence-corrected chi connectivity index (χ0v) is 13.4. The van der Waals surface area contributed by atoms with Crippen LogP contribution in [-0.2, 0) is 16.0 Å². The van der Waals surface area contributed by atoms with Crippen molar-refractivity contribution in [1.29, 1.82) is 0 Å². The third kappa shape index (κ3) is 6.98. The van der Waals surface area contributed by atoms with Gasteiger partial charge in [-0.15, -0.1) is 0 Å². The Bertz CT molecular complexity index is 446. The number of hydrogen-bond donors (Lipinski definition) is 0. The minimum Gasteiger partial charge on any atom is -0.493 e. The number of benzene rings is 1. The van der Waals surface area contributed by atoms with Crippen LogP contribution in [0.1, 0.15) is 39.2 Å². The van der Waals surface area contributed by atoms with E-state index in [-0.39, 0.29) is 5.97 Å². The summed E-state index contributed by atoms with van der Waals surface area (Å²) in [5.41, 5.74) is 1.52. The van der Waals surface area contributed by atoms with Crippen LogP contribution in [0.3, 0.4) is 0 Å². The van der Waals surface area contributed by atoms with Crippen molar-refractivity contribution < 1.29 is 14.3 Å². The molecule has 0 aliphatic carbocycles. The summed E-state index contributed by atoms with van der Waals surface area (Å²) < 4.78 is 10.8. The van der Waals surface area contributed by atoms with Crippen molar-refractivity contribution in [2.75, 3.05) is 13.2 Å². The molecule has 0 fully saturated rings. The van der Waals surface area contributed by atoms with Crippen LogP contribution in [0.2, 0.25) is 0 Å². The second-order valence-corrected chi connectivity index (χ2v) is 5.62. The molecular formula is C18H26O3. The van der Waals surface area contributed by atoms with E-state index in [9.17, 15) is 4.79 Å². The van der Waals surface area contributed by atoms with Crippen LogP contribution < -0.4 is 4.74 Å². The second kappa shape index (κ2) is 9.22. The first-order valence-electron chi connectivity index (χ1n) is 7.59. The SMILES string of the molecule is C=C(Cc1ccc(OCC(C)C)cc1)C(=O)OCCCC. The Kier molecular flexibility index (Phi) is 7.59. The normalized spacial score (nSPS) is 10.5. The third-order valence-corrected chi connectivity index (χ3v) is 2.94. The molecule has 0 saturated carbocycles. The third-order valence-electron chi connectivity index (χ3n) is 2.94. The number of rotatable bonds is 9. The first kappa shape index (κ1) is 17.3. The van der Waals surface area contributed by atoms with Gasteiger partial charge in [0.25, 0.3) is 0 Å². The van der Waals surface area contributed by atoms with E-state index in [1.54, 1.807) is 0 Å². The van der Waals surface area contributed by atoms with Gasteiger partial charge in [-0.3, -0.25) is 0 Å². The molecule has 0 unspecified atom stereocenters. The van der Waals surface area contributed by atoms with Crippen molar-refractivity contribution >= 4 is 5.97 Å². The lowest BCUT2D eigenvalue weighted by atomic mass is 10.1. The fraction of sp³-hybridized carbons (Fsp3) is 0.500. The molecule has 0 aliphatic rings. The Morgan fingerprint density at radius 2 is 1.90 bits per heavy atom. The van der Waals surface area contributed by atoms with Crippen molar-refractivity contribution in [3.05, 3.63) is 42.0 Å². The van der Waals surface area contributed by atoms with Crippen LogP contribution in [-0.4, -0.2) is 19.2 Å². The topological polar surface area (TPSA) is 35.5 Å². The van der Waals surface area contributed by atoms with Gasteiger partial charge in [-0.2, -0.15) is 0 Å². The van der Waals surface area contributed by atoms with Crippen LogP contribution in [0.15, 0.2) is 36.4 Å². The van der Waals surface area contributed by atoms with Gasteiger partial charge in [0.15, 0.2) is 0 Å². The van der Waals surface area contributed by atoms with Crippen LogP contribution in [0.25, 0.3) is 0 Å². The fourth-order valence-corrected chi connectivity index (χ4v) is 1.70. The summed E-state index contributed by atoms with van der Waals surface area (Å²) >= 11 is 0. The first-order valence-corrected chi connectivity index (χ1v) is 7.59. The highest BCUT2D eigenvalue weighted by Crippen LogP contribution is 2.16. The van der Waals surface area contributed by atoms with E-state index < -0.39 is 0 Å². The molecule has 1 aromatic rings. The summed E-state index contributed by atoms with van der Waals surface area (Å²) in [5.74, 6) is 1.05. The van der Waals surface area contributed by atoms with Gasteiger partial charge in [-0.25, -0.2) is 4.79 Å². The lowest BCUT2D eigenvalue weighted by molar-refractivity contribution is -0.139. The Labute approximate surface area is 128 Å². The lowest BCUT2D eigenvalue weighted by Gasteiger charge is -2.10. The molecule has 3 nitrogen and oxygen atoms in total. The summed E-state index contributed by atoms with van der Waals surface area (Å²) in [4.78, 5) is 11.7. The standard InChI is InChI=1S/C18H26O3/c1-5-6-11-20-18(19)15(4)12-16-7-9-17(10-8-16)21-13-14(2)3/h7-10,14H,4-6,11-13H2,1-3H3. The van der Waals surface area contributed by atoms with Crippen LogP contribution in [0.4, 0.5) is 0 Å². The Balaban J connectivity index is 2.43. The molecule has 0 saturated heterocycles. The van der Waals surface area contributed by atoms with Gasteiger partial charge >= 0.3 is 5.97 Å². The highest BCUT2D eigenvalue weighted by Gasteiger charge is 2.09. The molecule has 116 valence electrons. The summed E-state index contributed by atoms with van der Waals surface area (Å²) in [6.07, 6.45) is 2.41. The Morgan fingerprint density at radius 3 is 2.48 bits per heavy atom. The van der Waals surface area contributed by atoms with Gasteiger partial charge in [-0.1, -0.05) is 45.9 Å². The molecule has 0 spiro atoms. The van der Waals surface area contributed by atoms with Gasteiger partial charge in [0.1, 0.15) is 5.75 Å². The van der Waals surface area contributed by atoms with Gasteiger partial charge in [0, 0.05) is 12.0 Å². The maximum atomic E-state index is 11.7. The molecule has 0 heterocycles. The van der Waals surface area contributed by atoms with Gasteiger partial charge in [0.2, 0.25) is 0 Å². The monoisotopic (exact) mass is 290 g/mol. The average molecular weight is 290 g/mol. The molecule has 0 bridgehead atoms. The van der Waals surface area contributed by atoms with Gasteiger partial charge in [0.05, 0.1) is 13.2 Å². The quantitative estimate of drug-likeness (QED) is 0.389. The molecule has 1 rings (SSSR count). The smallest absolute Gasteiger partial charge is 0.333 e. The highest BCUT2D eigenvalue weighted by molar-refractivity contribution is 5.88. The number of ether oxygens (including phenoxy) is 2. The number of unbranched alkanes of at least 4 members (excludes halogenated alkanes) is 1. The van der Waals surface area contributed by atoms with E-state index in [1.807, 2.05) is 24.3 Å². The summed E-state index contributed by atoms with van der Waals surface area (Å²) in [7, 11) is 0. The van der Waals surface area contributed by atoms with E-state index in [0.29, 0.717) is 31.1 Å². The highest BCUT2D eigenvalue weighted by atomic mass is 16.5. The Hall–Kier alpha value is -1.77. The van der Waals surface area contributed by atoms with Crippen molar-refractivity contribution in [2.24, 2.45) is 5.92 Å². The van der Waals surface area contributed by atoms with E-state index in [1.165, 1.54) is 0 Å². The Morgan fingerprint density at radius 1 is 1.24 bits per heavy atom. The maximum absolute atomic E-state index is 11.7. The molecule has 0 aromatic heterocycles. The van der Waals surface area contributed by atoms with Crippen LogP contribution in [0.5, 0.6) is 5.75 Å². The van der Waals surface area contributed by atoms with Crippen LogP contribution >= 0.6 is 0 Å². The minimum atomic E-state index is -0.302. The summed E-state index contributed by atoms with van der Waals surface area (Å²) in [6, 6.07) is 7.77. The van der Waals surface area contributed by atoms with Crippen molar-refractivity contribution in [3.63, 3.8) is 0 Å². The largest absolute Gasteiger partial charge is 0.493 e. The molecule has 21 heavy (non-hydrogen) atoms. The molecule has 3 heteroatoms. The van der Waals surface area contributed by atoms with Crippen molar-refractivity contribution in [1.82, 2.24) is 0 Å². The summed E-state index contributed by atoms with van der Waals surface area (Å²) in [5, 5.41) is 0. The molecular weight excluding hydrogens is 264 g/mol. The predicted octanol–water partition coefficient (Wildman–Crippen LogP) is 4.16. The molecule has 0 radical (unpaired) electrons. The summed E-state index contributed by atoms with van der Waals surface area (Å²) in [6.45, 7) is 11.3. The number of hydrogen-bond acceptors (Lipinski definition) is 3. The van der Waals surface area contributed by atoms with E-state index in [2.05, 4.69) is 27.4 Å². The van der Waals surface area contributed by atoms with E-state index in [0.717, 1.165) is 24.2 Å². The van der Waals surface area contributed by atoms with Crippen LogP contribution in [0, 0.1) is 5.92 Å². The lowest BCUT2D eigenvalue weighted by Crippen LogP contribution is -2.10. The molecule has 0 N–H and O–H groups in total. The van der Waals surface area contributed by atoms with E-state index in [4.69, 9.17) is 9.47 Å². The molecule has 0 amide bonds. The number of carbonyl (C=O) groups is 1. The maximum Gasteiger partial charge on any atom is 0.333 e. The van der Waals surface area contributed by atoms with Crippen molar-refractivity contribution in [2.45, 2.75) is 40.0 Å². The zero-order chi connectivity index (χ0) is 15.7. The average Bonchev–Trinajstić information content (AvgIpc) is 2.46. The molecule has 0 aliphatic heterocycles. The molecule has 0 atom stereocenters. The second-order valence-electron chi connectivity index (χ2n) is 5.62. The number of esters is 1. The van der Waals surface area contributed by atoms with Gasteiger partial charge < -0.3 is 9.47 Å². The molecule has 1 aromatic carbocycles. The van der Waals surface area contributed by atoms with Crippen molar-refractivity contribution in [3.8, 4) is 5.75 Å². The number of carbonyl (C=O) groups excluding carboxylic acids is 1. The van der Waals surface area contributed by atoms with Gasteiger partial charge in [-0.05, 0) is 30.0 Å². The zero-order valence-electron chi connectivity index (χ0n) is 13.4. The van der Waals surface area contributed by atoms with E-state index >= 15 is 0 Å². The predicted molar refractivity (Wildman–Crippen MR) is 85.5 cm³/mol. The fourth-order valence-electron chi connectivity index (χ4n) is 1.70. The first-order chi connectivity index (χ1) is 10.0. The minimum absolute atomic E-state index is 0.302.